The highest BCUT2D eigenvalue weighted by atomic mass is 32.1. The van der Waals surface area contributed by atoms with Crippen LogP contribution in [0.2, 0.25) is 0 Å². The zero-order valence-electron chi connectivity index (χ0n) is 51.8. The molecule has 0 amide bonds. The third-order valence-electron chi connectivity index (χ3n) is 20.4. The molecule has 0 fully saturated rings. The predicted octanol–water partition coefficient (Wildman–Crippen LogP) is 21.8. The van der Waals surface area contributed by atoms with Gasteiger partial charge in [0.05, 0.1) is 11.4 Å². The Morgan fingerprint density at radius 2 is 1.05 bits per heavy atom. The molecule has 0 saturated carbocycles. The largest absolute Gasteiger partial charge is 0.454 e. The van der Waals surface area contributed by atoms with Crippen molar-refractivity contribution in [3.05, 3.63) is 234 Å². The third kappa shape index (κ3) is 7.78. The predicted molar refractivity (Wildman–Crippen MR) is 369 cm³/mol. The van der Waals surface area contributed by atoms with Crippen LogP contribution in [0.25, 0.3) is 87.0 Å². The number of furan rings is 1. The van der Waals surface area contributed by atoms with Crippen LogP contribution in [0, 0.1) is 0 Å². The summed E-state index contributed by atoms with van der Waals surface area (Å²) in [5.41, 5.74) is 29.5. The lowest BCUT2D eigenvalue weighted by Crippen LogP contribution is -2.61. The van der Waals surface area contributed by atoms with Gasteiger partial charge in [-0.15, -0.1) is 11.3 Å². The summed E-state index contributed by atoms with van der Waals surface area (Å²) >= 11 is 1.92. The molecule has 0 radical (unpaired) electrons. The minimum atomic E-state index is -0.267. The van der Waals surface area contributed by atoms with E-state index < -0.39 is 0 Å². The zero-order chi connectivity index (χ0) is 59.1. The molecule has 16 rings (SSSR count). The second-order valence-corrected chi connectivity index (χ2v) is 30.2. The summed E-state index contributed by atoms with van der Waals surface area (Å²) in [6.07, 6.45) is 2.35. The molecule has 2 aromatic heterocycles. The van der Waals surface area contributed by atoms with Crippen molar-refractivity contribution in [3.63, 3.8) is 0 Å². The van der Waals surface area contributed by atoms with Crippen LogP contribution < -0.4 is 20.6 Å². The monoisotopic (exact) mass is 1130 g/mol. The van der Waals surface area contributed by atoms with Crippen molar-refractivity contribution in [1.82, 2.24) is 0 Å². The maximum atomic E-state index is 7.52. The number of rotatable bonds is 5. The van der Waals surface area contributed by atoms with Gasteiger partial charge in [0.15, 0.2) is 5.58 Å². The van der Waals surface area contributed by atoms with Crippen LogP contribution in [0.1, 0.15) is 129 Å². The fourth-order valence-corrected chi connectivity index (χ4v) is 16.7. The SMILES string of the molecule is CC(C)(C)c1ccc(N2B3c4cc5sc(-c6ccccc6)c(-c6ccccc6)c5cc4N(c4ccc(C(C)(C)C)cc4-c4ccccc4)c4c3c(cc3c4oc4ccccc43)-c3cc4c(cc32)C(C)(C)c2cc3c(cc2-4)C(C)(C)CCC3(C)C)cc1. The highest BCUT2D eigenvalue weighted by molar-refractivity contribution is 7.23. The van der Waals surface area contributed by atoms with Crippen LogP contribution in [0.5, 0.6) is 0 Å². The van der Waals surface area contributed by atoms with E-state index in [0.717, 1.165) is 44.7 Å². The van der Waals surface area contributed by atoms with E-state index >= 15 is 0 Å². The number of para-hydroxylation sites is 1. The van der Waals surface area contributed by atoms with Crippen molar-refractivity contribution >= 4 is 89.6 Å². The zero-order valence-corrected chi connectivity index (χ0v) is 52.6. The molecule has 0 spiro atoms. The summed E-state index contributed by atoms with van der Waals surface area (Å²) in [6.45, 7) is 28.6. The highest BCUT2D eigenvalue weighted by Crippen LogP contribution is 2.60. The Labute approximate surface area is 512 Å². The molecule has 4 heterocycles. The van der Waals surface area contributed by atoms with Gasteiger partial charge in [-0.05, 0) is 179 Å². The first-order chi connectivity index (χ1) is 41.2. The van der Waals surface area contributed by atoms with E-state index in [-0.39, 0.29) is 33.9 Å². The van der Waals surface area contributed by atoms with Gasteiger partial charge >= 0.3 is 6.85 Å². The Kier molecular flexibility index (Phi) is 11.3. The maximum absolute atomic E-state index is 7.52. The first-order valence-electron chi connectivity index (χ1n) is 31.1. The number of anilines is 5. The first-order valence-corrected chi connectivity index (χ1v) is 32.0. The van der Waals surface area contributed by atoms with E-state index in [0.29, 0.717) is 0 Å². The van der Waals surface area contributed by atoms with E-state index in [1.807, 2.05) is 11.3 Å². The van der Waals surface area contributed by atoms with Crippen LogP contribution in [-0.4, -0.2) is 6.85 Å². The summed E-state index contributed by atoms with van der Waals surface area (Å²) in [4.78, 5) is 6.66. The minimum Gasteiger partial charge on any atom is -0.454 e. The van der Waals surface area contributed by atoms with Gasteiger partial charge in [-0.25, -0.2) is 0 Å². The molecule has 0 bridgehead atoms. The van der Waals surface area contributed by atoms with E-state index in [2.05, 4.69) is 293 Å². The van der Waals surface area contributed by atoms with Gasteiger partial charge in [0.25, 0.3) is 0 Å². The molecule has 2 aliphatic heterocycles. The lowest BCUT2D eigenvalue weighted by Gasteiger charge is -2.46. The van der Waals surface area contributed by atoms with Crippen LogP contribution in [0.15, 0.2) is 205 Å². The lowest BCUT2D eigenvalue weighted by molar-refractivity contribution is 0.331. The highest BCUT2D eigenvalue weighted by Gasteiger charge is 2.50. The van der Waals surface area contributed by atoms with Crippen molar-refractivity contribution < 1.29 is 4.42 Å². The number of fused-ring (bicyclic) bond motifs is 13. The molecule has 0 saturated heterocycles. The normalized spacial score (nSPS) is 16.0. The quantitative estimate of drug-likeness (QED) is 0.160. The molecule has 3 nitrogen and oxygen atoms in total. The number of thiophene rings is 1. The van der Waals surface area contributed by atoms with Crippen molar-refractivity contribution in [2.75, 3.05) is 9.71 Å². The molecular formula is C81H73BN2OS. The minimum absolute atomic E-state index is 0.0292. The molecule has 10 aromatic carbocycles. The van der Waals surface area contributed by atoms with Crippen molar-refractivity contribution in [2.45, 2.75) is 123 Å². The molecule has 0 unspecified atom stereocenters. The first kappa shape index (κ1) is 53.1. The van der Waals surface area contributed by atoms with Crippen LogP contribution >= 0.6 is 11.3 Å². The fraction of sp³-hybridized carbons (Fsp3) is 0.235. The topological polar surface area (TPSA) is 19.6 Å². The van der Waals surface area contributed by atoms with Gasteiger partial charge in [0.2, 0.25) is 0 Å². The average molecular weight is 1130 g/mol. The molecule has 86 heavy (non-hydrogen) atoms. The van der Waals surface area contributed by atoms with Gasteiger partial charge in [-0.2, -0.15) is 0 Å². The summed E-state index contributed by atoms with van der Waals surface area (Å²) in [5.74, 6) is 0. The van der Waals surface area contributed by atoms with Crippen LogP contribution in [-0.2, 0) is 27.1 Å². The summed E-state index contributed by atoms with van der Waals surface area (Å²) in [7, 11) is 0. The van der Waals surface area contributed by atoms with Gasteiger partial charge in [0, 0.05) is 64.9 Å². The summed E-state index contributed by atoms with van der Waals surface area (Å²) in [5, 5.41) is 3.48. The van der Waals surface area contributed by atoms with Crippen molar-refractivity contribution in [2.24, 2.45) is 0 Å². The van der Waals surface area contributed by atoms with Crippen LogP contribution in [0.3, 0.4) is 0 Å². The maximum Gasteiger partial charge on any atom is 0.333 e. The second-order valence-electron chi connectivity index (χ2n) is 29.1. The Morgan fingerprint density at radius 1 is 0.453 bits per heavy atom. The van der Waals surface area contributed by atoms with E-state index in [1.165, 1.54) is 128 Å². The summed E-state index contributed by atoms with van der Waals surface area (Å²) < 4.78 is 8.78. The van der Waals surface area contributed by atoms with Gasteiger partial charge < -0.3 is 14.1 Å². The number of hydrogen-bond acceptors (Lipinski definition) is 4. The fourth-order valence-electron chi connectivity index (χ4n) is 15.5. The number of nitrogens with zero attached hydrogens (tertiary/aromatic N) is 2. The Bertz CT molecular complexity index is 4800. The molecule has 5 heteroatoms. The van der Waals surface area contributed by atoms with E-state index in [9.17, 15) is 0 Å². The molecule has 0 N–H and O–H groups in total. The Balaban J connectivity index is 1.09. The molecule has 2 aliphatic carbocycles. The molecular weight excluding hydrogens is 1060 g/mol. The smallest absolute Gasteiger partial charge is 0.333 e. The standard InChI is InChI=1S/C81H73BN2OS/c1-77(2,3)51-32-35-53(36-33-51)84-68-46-63-56(57-43-64-65(45-62(57)81(63,11)12)80(9,10)39-38-79(64,7)8)41-58(68)59-42-60-54-30-22-23-31-70(54)85-75(60)74-73(59)82(84)66-47-71-61(72(49-26-18-14-19-27-49)76(86-71)50-28-20-15-21-29-50)44-69(66)83(74)67-37-34-52(78(4,5)6)40-55(67)48-24-16-13-17-25-48/h13-37,40-47H,38-39H2,1-12H3. The van der Waals surface area contributed by atoms with E-state index in [4.69, 9.17) is 4.42 Å². The van der Waals surface area contributed by atoms with Crippen LogP contribution in [0.4, 0.5) is 28.4 Å². The number of hydrogen-bond donors (Lipinski definition) is 0. The molecule has 4 aliphatic rings. The van der Waals surface area contributed by atoms with E-state index in [1.54, 1.807) is 0 Å². The third-order valence-corrected chi connectivity index (χ3v) is 21.6. The van der Waals surface area contributed by atoms with Gasteiger partial charge in [-0.1, -0.05) is 217 Å². The summed E-state index contributed by atoms with van der Waals surface area (Å²) in [6, 6.07) is 77.0. The van der Waals surface area contributed by atoms with Gasteiger partial charge in [-0.3, -0.25) is 0 Å². The van der Waals surface area contributed by atoms with Crippen molar-refractivity contribution in [3.8, 4) is 54.9 Å². The Morgan fingerprint density at radius 3 is 1.72 bits per heavy atom. The Hall–Kier alpha value is -8.38. The molecule has 12 aromatic rings. The second kappa shape index (κ2) is 18.3. The average Bonchev–Trinajstić information content (AvgIpc) is 1.23. The number of benzene rings is 10. The lowest BCUT2D eigenvalue weighted by atomic mass is 9.43. The molecule has 422 valence electrons. The van der Waals surface area contributed by atoms with Crippen molar-refractivity contribution in [1.29, 1.82) is 0 Å². The molecule has 0 atom stereocenters. The van der Waals surface area contributed by atoms with Gasteiger partial charge in [0.1, 0.15) is 5.58 Å².